The van der Waals surface area contributed by atoms with Crippen molar-refractivity contribution in [3.8, 4) is 0 Å². The fourth-order valence-electron chi connectivity index (χ4n) is 3.36. The third-order valence-electron chi connectivity index (χ3n) is 4.79. The molecule has 25 heavy (non-hydrogen) atoms. The molecule has 3 rings (SSSR count). The standard InChI is InChI=1S/C20H24FN3O/c1-15(2)19-14-23(13-17-6-3-4-8-18(17)21)10-11-24(19)20(25)16-7-5-9-22-12-16/h3-9,12,15,19H,10-11,13-14H2,1-2H3/t19-/m1/s1. The van der Waals surface area contributed by atoms with E-state index >= 15 is 0 Å². The number of carbonyl (C=O) groups excluding carboxylic acids is 1. The molecule has 2 heterocycles. The predicted octanol–water partition coefficient (Wildman–Crippen LogP) is 3.20. The van der Waals surface area contributed by atoms with Crippen LogP contribution in [0.1, 0.15) is 29.8 Å². The molecule has 0 bridgehead atoms. The minimum atomic E-state index is -0.169. The molecule has 0 aliphatic carbocycles. The number of pyridine rings is 1. The van der Waals surface area contributed by atoms with Gasteiger partial charge in [-0.1, -0.05) is 32.0 Å². The highest BCUT2D eigenvalue weighted by atomic mass is 19.1. The number of aromatic nitrogens is 1. The molecule has 1 aromatic heterocycles. The molecule has 1 fully saturated rings. The summed E-state index contributed by atoms with van der Waals surface area (Å²) in [5.74, 6) is 0.179. The van der Waals surface area contributed by atoms with Crippen molar-refractivity contribution < 1.29 is 9.18 Å². The van der Waals surface area contributed by atoms with E-state index in [-0.39, 0.29) is 17.8 Å². The molecule has 2 aromatic rings. The van der Waals surface area contributed by atoms with Crippen molar-refractivity contribution in [3.63, 3.8) is 0 Å². The van der Waals surface area contributed by atoms with Gasteiger partial charge in [-0.15, -0.1) is 0 Å². The Morgan fingerprint density at radius 3 is 2.72 bits per heavy atom. The third-order valence-corrected chi connectivity index (χ3v) is 4.79. The quantitative estimate of drug-likeness (QED) is 0.857. The van der Waals surface area contributed by atoms with Gasteiger partial charge in [0.25, 0.3) is 5.91 Å². The minimum absolute atomic E-state index is 0.0253. The highest BCUT2D eigenvalue weighted by Gasteiger charge is 2.33. The monoisotopic (exact) mass is 341 g/mol. The molecule has 0 saturated carbocycles. The van der Waals surface area contributed by atoms with Crippen LogP contribution in [0.3, 0.4) is 0 Å². The molecule has 1 atom stereocenters. The lowest BCUT2D eigenvalue weighted by atomic mass is 9.98. The van der Waals surface area contributed by atoms with Gasteiger partial charge in [0, 0.05) is 50.2 Å². The van der Waals surface area contributed by atoms with Crippen molar-refractivity contribution in [2.75, 3.05) is 19.6 Å². The summed E-state index contributed by atoms with van der Waals surface area (Å²) in [4.78, 5) is 21.1. The molecule has 1 saturated heterocycles. The summed E-state index contributed by atoms with van der Waals surface area (Å²) in [6, 6.07) is 10.6. The first-order valence-electron chi connectivity index (χ1n) is 8.73. The van der Waals surface area contributed by atoms with E-state index in [0.717, 1.165) is 13.1 Å². The second-order valence-electron chi connectivity index (χ2n) is 6.88. The van der Waals surface area contributed by atoms with Crippen LogP contribution in [0.4, 0.5) is 4.39 Å². The molecule has 0 spiro atoms. The molecule has 0 radical (unpaired) electrons. The van der Waals surface area contributed by atoms with Crippen molar-refractivity contribution in [1.29, 1.82) is 0 Å². The Kier molecular flexibility index (Phi) is 5.43. The fourth-order valence-corrected chi connectivity index (χ4v) is 3.36. The van der Waals surface area contributed by atoms with Crippen LogP contribution in [0.15, 0.2) is 48.8 Å². The van der Waals surface area contributed by atoms with Gasteiger partial charge in [0.15, 0.2) is 0 Å². The van der Waals surface area contributed by atoms with Crippen molar-refractivity contribution in [1.82, 2.24) is 14.8 Å². The second-order valence-corrected chi connectivity index (χ2v) is 6.88. The molecule has 0 N–H and O–H groups in total. The molecular weight excluding hydrogens is 317 g/mol. The van der Waals surface area contributed by atoms with Crippen LogP contribution in [0, 0.1) is 11.7 Å². The summed E-state index contributed by atoms with van der Waals surface area (Å²) in [5, 5.41) is 0. The highest BCUT2D eigenvalue weighted by Crippen LogP contribution is 2.21. The molecule has 1 amide bonds. The van der Waals surface area contributed by atoms with Gasteiger partial charge >= 0.3 is 0 Å². The molecule has 132 valence electrons. The number of hydrogen-bond donors (Lipinski definition) is 0. The number of carbonyl (C=O) groups is 1. The van der Waals surface area contributed by atoms with Crippen molar-refractivity contribution in [2.45, 2.75) is 26.4 Å². The maximum absolute atomic E-state index is 13.9. The summed E-state index contributed by atoms with van der Waals surface area (Å²) < 4.78 is 13.9. The normalized spacial score (nSPS) is 18.6. The number of amides is 1. The zero-order chi connectivity index (χ0) is 17.8. The molecular formula is C20H24FN3O. The van der Waals surface area contributed by atoms with Crippen LogP contribution in [0.5, 0.6) is 0 Å². The van der Waals surface area contributed by atoms with E-state index in [1.165, 1.54) is 6.07 Å². The largest absolute Gasteiger partial charge is 0.333 e. The lowest BCUT2D eigenvalue weighted by Crippen LogP contribution is -2.56. The minimum Gasteiger partial charge on any atom is -0.333 e. The molecule has 1 aliphatic heterocycles. The number of benzene rings is 1. The van der Waals surface area contributed by atoms with Crippen molar-refractivity contribution in [2.24, 2.45) is 5.92 Å². The van der Waals surface area contributed by atoms with Crippen LogP contribution >= 0.6 is 0 Å². The van der Waals surface area contributed by atoms with E-state index in [1.807, 2.05) is 17.0 Å². The smallest absolute Gasteiger partial charge is 0.255 e. The van der Waals surface area contributed by atoms with Crippen molar-refractivity contribution in [3.05, 3.63) is 65.7 Å². The maximum Gasteiger partial charge on any atom is 0.255 e. The van der Waals surface area contributed by atoms with Crippen molar-refractivity contribution >= 4 is 5.91 Å². The molecule has 5 heteroatoms. The average Bonchev–Trinajstić information content (AvgIpc) is 2.63. The van der Waals surface area contributed by atoms with Crippen LogP contribution in [0.25, 0.3) is 0 Å². The topological polar surface area (TPSA) is 36.4 Å². The second kappa shape index (κ2) is 7.74. The van der Waals surface area contributed by atoms with Gasteiger partial charge in [-0.3, -0.25) is 14.7 Å². The zero-order valence-electron chi connectivity index (χ0n) is 14.7. The van der Waals surface area contributed by atoms with E-state index in [9.17, 15) is 9.18 Å². The van der Waals surface area contributed by atoms with Crippen LogP contribution in [-0.4, -0.2) is 46.4 Å². The number of nitrogens with zero attached hydrogens (tertiary/aromatic N) is 3. The lowest BCUT2D eigenvalue weighted by Gasteiger charge is -2.43. The maximum atomic E-state index is 13.9. The fraction of sp³-hybridized carbons (Fsp3) is 0.400. The number of piperazine rings is 1. The Balaban J connectivity index is 1.73. The van der Waals surface area contributed by atoms with Crippen LogP contribution < -0.4 is 0 Å². The first kappa shape index (κ1) is 17.5. The van der Waals surface area contributed by atoms with Gasteiger partial charge in [-0.05, 0) is 24.1 Å². The highest BCUT2D eigenvalue weighted by molar-refractivity contribution is 5.94. The summed E-state index contributed by atoms with van der Waals surface area (Å²) >= 11 is 0. The van der Waals surface area contributed by atoms with E-state index in [2.05, 4.69) is 23.7 Å². The van der Waals surface area contributed by atoms with Gasteiger partial charge in [0.1, 0.15) is 5.82 Å². The van der Waals surface area contributed by atoms with Crippen LogP contribution in [-0.2, 0) is 6.54 Å². The Morgan fingerprint density at radius 2 is 2.04 bits per heavy atom. The van der Waals surface area contributed by atoms with Gasteiger partial charge in [-0.25, -0.2) is 4.39 Å². The van der Waals surface area contributed by atoms with Gasteiger partial charge < -0.3 is 4.90 Å². The van der Waals surface area contributed by atoms with Gasteiger partial charge in [0.05, 0.1) is 5.56 Å². The summed E-state index contributed by atoms with van der Waals surface area (Å²) in [6.07, 6.45) is 3.29. The summed E-state index contributed by atoms with van der Waals surface area (Å²) in [6.45, 7) is 6.96. The number of hydrogen-bond acceptors (Lipinski definition) is 3. The average molecular weight is 341 g/mol. The van der Waals surface area contributed by atoms with E-state index in [4.69, 9.17) is 0 Å². The predicted molar refractivity (Wildman–Crippen MR) is 95.6 cm³/mol. The Bertz CT molecular complexity index is 720. The van der Waals surface area contributed by atoms with Gasteiger partial charge in [0.2, 0.25) is 0 Å². The third kappa shape index (κ3) is 4.04. The van der Waals surface area contributed by atoms with Gasteiger partial charge in [-0.2, -0.15) is 0 Å². The Hall–Kier alpha value is -2.27. The Morgan fingerprint density at radius 1 is 1.24 bits per heavy atom. The molecule has 1 aromatic carbocycles. The number of halogens is 1. The SMILES string of the molecule is CC(C)[C@H]1CN(Cc2ccccc2F)CCN1C(=O)c1cccnc1. The number of rotatable bonds is 4. The summed E-state index contributed by atoms with van der Waals surface area (Å²) in [5.41, 5.74) is 1.33. The zero-order valence-corrected chi connectivity index (χ0v) is 14.7. The first-order chi connectivity index (χ1) is 12.1. The lowest BCUT2D eigenvalue weighted by molar-refractivity contribution is 0.0326. The van der Waals surface area contributed by atoms with E-state index in [0.29, 0.717) is 30.1 Å². The van der Waals surface area contributed by atoms with E-state index in [1.54, 1.807) is 30.6 Å². The van der Waals surface area contributed by atoms with Crippen LogP contribution in [0.2, 0.25) is 0 Å². The van der Waals surface area contributed by atoms with E-state index < -0.39 is 0 Å². The molecule has 4 nitrogen and oxygen atoms in total. The summed E-state index contributed by atoms with van der Waals surface area (Å²) in [7, 11) is 0. The Labute approximate surface area is 148 Å². The molecule has 1 aliphatic rings. The molecule has 0 unspecified atom stereocenters. The first-order valence-corrected chi connectivity index (χ1v) is 8.73.